The Labute approximate surface area is 208 Å². The molecule has 2 aliphatic heterocycles. The zero-order chi connectivity index (χ0) is 24.7. The minimum Gasteiger partial charge on any atom is -0.388 e. The van der Waals surface area contributed by atoms with Gasteiger partial charge in [-0.25, -0.2) is 4.79 Å². The van der Waals surface area contributed by atoms with Crippen molar-refractivity contribution in [3.05, 3.63) is 35.9 Å². The number of nitrogens with one attached hydrogen (secondary N) is 1. The molecule has 2 saturated carbocycles. The quantitative estimate of drug-likeness (QED) is 0.592. The molecule has 3 amide bonds. The van der Waals surface area contributed by atoms with Crippen molar-refractivity contribution in [2.24, 2.45) is 0 Å². The predicted molar refractivity (Wildman–Crippen MR) is 133 cm³/mol. The van der Waals surface area contributed by atoms with Crippen LogP contribution in [0.4, 0.5) is 4.79 Å². The van der Waals surface area contributed by atoms with E-state index in [1.807, 2.05) is 9.80 Å². The summed E-state index contributed by atoms with van der Waals surface area (Å²) < 4.78 is 5.13. The van der Waals surface area contributed by atoms with Gasteiger partial charge in [-0.15, -0.1) is 0 Å². The van der Waals surface area contributed by atoms with E-state index in [1.54, 1.807) is 0 Å². The van der Waals surface area contributed by atoms with Crippen LogP contribution in [0.5, 0.6) is 0 Å². The van der Waals surface area contributed by atoms with Gasteiger partial charge in [0.2, 0.25) is 5.91 Å². The molecule has 0 bridgehead atoms. The van der Waals surface area contributed by atoms with Gasteiger partial charge in [-0.05, 0) is 64.6 Å². The molecule has 2 aliphatic carbocycles. The Morgan fingerprint density at radius 3 is 2.34 bits per heavy atom. The maximum atomic E-state index is 13.6. The lowest BCUT2D eigenvalue weighted by Gasteiger charge is -2.52. The van der Waals surface area contributed by atoms with Crippen LogP contribution in [0.3, 0.4) is 0 Å². The summed E-state index contributed by atoms with van der Waals surface area (Å²) in [7, 11) is 4.30. The number of ether oxygens (including phenoxy) is 1. The molecule has 35 heavy (non-hydrogen) atoms. The molecule has 4 aliphatic rings. The summed E-state index contributed by atoms with van der Waals surface area (Å²) in [5.74, 6) is -0.0319. The first-order valence-electron chi connectivity index (χ1n) is 13.1. The standard InChI is InChI=1S/C27H40N4O4/c1-29(2)27(21-7-4-3-5-8-21)14-12-25(13-15-27)19-30(16-9-23(32)28-22-17-35-18-22)24(33)31(25)20-26(34)10-6-11-26/h3-5,7-8,22,34H,6,9-20H2,1-2H3,(H,28,32)/t25-,27-. The van der Waals surface area contributed by atoms with Crippen LogP contribution in [0.15, 0.2) is 30.3 Å². The molecular formula is C27H40N4O4. The number of aliphatic hydroxyl groups is 1. The maximum Gasteiger partial charge on any atom is 0.320 e. The van der Waals surface area contributed by atoms with Crippen molar-refractivity contribution in [1.29, 1.82) is 0 Å². The summed E-state index contributed by atoms with van der Waals surface area (Å²) in [4.78, 5) is 32.2. The summed E-state index contributed by atoms with van der Waals surface area (Å²) in [5, 5.41) is 14.0. The number of hydrogen-bond donors (Lipinski definition) is 2. The minimum absolute atomic E-state index is 0.0258. The fourth-order valence-corrected chi connectivity index (χ4v) is 6.48. The smallest absolute Gasteiger partial charge is 0.320 e. The molecular weight excluding hydrogens is 444 g/mol. The maximum absolute atomic E-state index is 13.6. The van der Waals surface area contributed by atoms with Crippen molar-refractivity contribution in [2.45, 2.75) is 74.1 Å². The van der Waals surface area contributed by atoms with E-state index in [9.17, 15) is 14.7 Å². The third-order valence-electron chi connectivity index (χ3n) is 9.08. The van der Waals surface area contributed by atoms with E-state index in [0.717, 1.165) is 44.9 Å². The molecule has 4 fully saturated rings. The molecule has 2 heterocycles. The number of hydrogen-bond acceptors (Lipinski definition) is 5. The third kappa shape index (κ3) is 4.56. The minimum atomic E-state index is -0.768. The molecule has 0 unspecified atom stereocenters. The van der Waals surface area contributed by atoms with Crippen molar-refractivity contribution in [3.63, 3.8) is 0 Å². The van der Waals surface area contributed by atoms with Crippen LogP contribution in [0.2, 0.25) is 0 Å². The van der Waals surface area contributed by atoms with Gasteiger partial charge in [0.15, 0.2) is 0 Å². The van der Waals surface area contributed by atoms with Crippen LogP contribution < -0.4 is 5.32 Å². The van der Waals surface area contributed by atoms with E-state index in [1.165, 1.54) is 5.56 Å². The largest absolute Gasteiger partial charge is 0.388 e. The Morgan fingerprint density at radius 1 is 1.11 bits per heavy atom. The second-order valence-electron chi connectivity index (χ2n) is 11.4. The summed E-state index contributed by atoms with van der Waals surface area (Å²) in [6.45, 7) is 2.57. The molecule has 0 atom stereocenters. The van der Waals surface area contributed by atoms with Crippen molar-refractivity contribution >= 4 is 11.9 Å². The highest BCUT2D eigenvalue weighted by molar-refractivity contribution is 5.80. The average Bonchev–Trinajstić information content (AvgIpc) is 3.05. The van der Waals surface area contributed by atoms with Gasteiger partial charge in [0.05, 0.1) is 36.9 Å². The number of amides is 3. The lowest BCUT2D eigenvalue weighted by molar-refractivity contribution is -0.125. The summed E-state index contributed by atoms with van der Waals surface area (Å²) >= 11 is 0. The van der Waals surface area contributed by atoms with Crippen LogP contribution in [-0.2, 0) is 15.1 Å². The average molecular weight is 485 g/mol. The number of benzene rings is 1. The van der Waals surface area contributed by atoms with Crippen LogP contribution >= 0.6 is 0 Å². The lowest BCUT2D eigenvalue weighted by Crippen LogP contribution is -2.59. The Balaban J connectivity index is 1.32. The summed E-state index contributed by atoms with van der Waals surface area (Å²) in [6, 6.07) is 10.8. The fourth-order valence-electron chi connectivity index (χ4n) is 6.48. The van der Waals surface area contributed by atoms with Gasteiger partial charge in [-0.3, -0.25) is 9.69 Å². The lowest BCUT2D eigenvalue weighted by atomic mass is 9.67. The topological polar surface area (TPSA) is 85.4 Å². The second-order valence-corrected chi connectivity index (χ2v) is 11.4. The van der Waals surface area contributed by atoms with Crippen LogP contribution in [0.25, 0.3) is 0 Å². The van der Waals surface area contributed by atoms with E-state index in [-0.39, 0.29) is 29.1 Å². The Morgan fingerprint density at radius 2 is 1.80 bits per heavy atom. The fraction of sp³-hybridized carbons (Fsp3) is 0.704. The SMILES string of the molecule is CN(C)[C@]1(c2ccccc2)CC[C@@]2(CC1)CN(CCC(=O)NC1COC1)C(=O)N2CC1(O)CCC1. The van der Waals surface area contributed by atoms with Gasteiger partial charge in [0.25, 0.3) is 0 Å². The molecule has 2 saturated heterocycles. The van der Waals surface area contributed by atoms with E-state index in [4.69, 9.17) is 4.74 Å². The molecule has 0 aromatic heterocycles. The molecule has 2 N–H and O–H groups in total. The van der Waals surface area contributed by atoms with Crippen molar-refractivity contribution < 1.29 is 19.4 Å². The van der Waals surface area contributed by atoms with Crippen molar-refractivity contribution in [1.82, 2.24) is 20.0 Å². The molecule has 1 aromatic carbocycles. The van der Waals surface area contributed by atoms with Gasteiger partial charge in [0, 0.05) is 25.0 Å². The van der Waals surface area contributed by atoms with E-state index in [0.29, 0.717) is 39.3 Å². The van der Waals surface area contributed by atoms with Gasteiger partial charge >= 0.3 is 6.03 Å². The summed E-state index contributed by atoms with van der Waals surface area (Å²) in [6.07, 6.45) is 6.47. The highest BCUT2D eigenvalue weighted by atomic mass is 16.5. The van der Waals surface area contributed by atoms with E-state index >= 15 is 0 Å². The molecule has 8 nitrogen and oxygen atoms in total. The molecule has 5 rings (SSSR count). The first-order valence-corrected chi connectivity index (χ1v) is 13.1. The van der Waals surface area contributed by atoms with Gasteiger partial charge < -0.3 is 25.0 Å². The first kappa shape index (κ1) is 24.5. The number of carbonyl (C=O) groups is 2. The van der Waals surface area contributed by atoms with Crippen LogP contribution in [0.1, 0.15) is 56.9 Å². The monoisotopic (exact) mass is 484 g/mol. The second kappa shape index (κ2) is 9.37. The highest BCUT2D eigenvalue weighted by Crippen LogP contribution is 2.50. The number of carbonyl (C=O) groups excluding carboxylic acids is 2. The number of urea groups is 1. The van der Waals surface area contributed by atoms with Crippen molar-refractivity contribution in [3.8, 4) is 0 Å². The Kier molecular flexibility index (Phi) is 6.57. The van der Waals surface area contributed by atoms with Crippen LogP contribution in [-0.4, -0.2) is 95.9 Å². The van der Waals surface area contributed by atoms with Crippen LogP contribution in [0, 0.1) is 0 Å². The van der Waals surface area contributed by atoms with Crippen molar-refractivity contribution in [2.75, 3.05) is 46.9 Å². The van der Waals surface area contributed by atoms with Gasteiger partial charge in [0.1, 0.15) is 0 Å². The van der Waals surface area contributed by atoms with E-state index in [2.05, 4.69) is 54.6 Å². The number of β-amino-alcohol motifs (C(OH)–C–C–N with tert-alkyl or cyclic N) is 1. The van der Waals surface area contributed by atoms with Gasteiger partial charge in [-0.2, -0.15) is 0 Å². The molecule has 0 radical (unpaired) electrons. The molecule has 1 spiro atoms. The van der Waals surface area contributed by atoms with Gasteiger partial charge in [-0.1, -0.05) is 30.3 Å². The molecule has 1 aromatic rings. The zero-order valence-corrected chi connectivity index (χ0v) is 21.2. The Bertz CT molecular complexity index is 920. The molecule has 192 valence electrons. The van der Waals surface area contributed by atoms with E-state index < -0.39 is 5.60 Å². The first-order chi connectivity index (χ1) is 16.8. The highest BCUT2D eigenvalue weighted by Gasteiger charge is 2.56. The summed E-state index contributed by atoms with van der Waals surface area (Å²) in [5.41, 5.74) is 0.194. The normalized spacial score (nSPS) is 30.5. The Hall–Kier alpha value is -2.16. The number of rotatable bonds is 8. The number of nitrogens with zero attached hydrogens (tertiary/aromatic N) is 3. The zero-order valence-electron chi connectivity index (χ0n) is 21.2. The third-order valence-corrected chi connectivity index (χ3v) is 9.08. The predicted octanol–water partition coefficient (Wildman–Crippen LogP) is 2.31. The molecule has 8 heteroatoms.